The summed E-state index contributed by atoms with van der Waals surface area (Å²) in [5.74, 6) is -0.107. The first-order valence-corrected chi connectivity index (χ1v) is 10.6. The Bertz CT molecular complexity index is 1260. The lowest BCUT2D eigenvalue weighted by Crippen LogP contribution is -2.05. The summed E-state index contributed by atoms with van der Waals surface area (Å²) in [5, 5.41) is 0.752. The number of hydrogen-bond acceptors (Lipinski definition) is 6. The zero-order valence-electron chi connectivity index (χ0n) is 17.4. The highest BCUT2D eigenvalue weighted by atomic mass is 35.5. The lowest BCUT2D eigenvalue weighted by molar-refractivity contribution is -0.129. The summed E-state index contributed by atoms with van der Waals surface area (Å²) >= 11 is 12.0. The molecule has 4 rings (SSSR count). The molecule has 0 aliphatic carbocycles. The summed E-state index contributed by atoms with van der Waals surface area (Å²) in [4.78, 5) is 28.0. The molecule has 8 heteroatoms. The number of halogens is 2. The first-order chi connectivity index (χ1) is 15.9. The number of benzene rings is 3. The molecule has 1 heterocycles. The Morgan fingerprint density at radius 2 is 1.73 bits per heavy atom. The van der Waals surface area contributed by atoms with Crippen molar-refractivity contribution in [1.29, 1.82) is 0 Å². The summed E-state index contributed by atoms with van der Waals surface area (Å²) in [6.45, 7) is 0.339. The van der Waals surface area contributed by atoms with E-state index in [9.17, 15) is 9.59 Å². The highest BCUT2D eigenvalue weighted by Crippen LogP contribution is 2.26. The molecule has 0 spiro atoms. The van der Waals surface area contributed by atoms with Crippen molar-refractivity contribution < 1.29 is 23.8 Å². The predicted octanol–water partition coefficient (Wildman–Crippen LogP) is 5.70. The second-order valence-electron chi connectivity index (χ2n) is 7.01. The van der Waals surface area contributed by atoms with E-state index in [0.717, 1.165) is 11.1 Å². The van der Waals surface area contributed by atoms with Crippen LogP contribution in [0.15, 0.2) is 77.4 Å². The van der Waals surface area contributed by atoms with Crippen LogP contribution in [0.1, 0.15) is 27.0 Å². The van der Waals surface area contributed by atoms with Crippen molar-refractivity contribution in [1.82, 2.24) is 0 Å². The number of nitrogens with zero attached hydrogens (tertiary/aromatic N) is 1. The molecule has 0 bridgehead atoms. The SMILES string of the molecule is COC(=O)c1ccc(COc2ccc(C=C3N=C(c4ccc(Cl)c(Cl)c4)OC3=O)cc2)cc1. The van der Waals surface area contributed by atoms with Gasteiger partial charge in [-0.05, 0) is 59.7 Å². The Labute approximate surface area is 200 Å². The van der Waals surface area contributed by atoms with Gasteiger partial charge in [0.15, 0.2) is 5.70 Å². The first-order valence-electron chi connectivity index (χ1n) is 9.81. The second kappa shape index (κ2) is 9.90. The molecule has 0 amide bonds. The maximum absolute atomic E-state index is 12.2. The molecule has 1 aliphatic rings. The van der Waals surface area contributed by atoms with Crippen molar-refractivity contribution in [3.05, 3.63) is 105 Å². The fourth-order valence-corrected chi connectivity index (χ4v) is 3.30. The van der Waals surface area contributed by atoms with E-state index >= 15 is 0 Å². The smallest absolute Gasteiger partial charge is 0.363 e. The second-order valence-corrected chi connectivity index (χ2v) is 7.83. The number of cyclic esters (lactones) is 1. The third-order valence-electron chi connectivity index (χ3n) is 4.75. The number of methoxy groups -OCH3 is 1. The van der Waals surface area contributed by atoms with E-state index in [1.54, 1.807) is 60.7 Å². The Kier molecular flexibility index (Phi) is 6.77. The lowest BCUT2D eigenvalue weighted by Gasteiger charge is -2.07. The normalized spacial score (nSPS) is 14.1. The topological polar surface area (TPSA) is 74.2 Å². The number of carbonyl (C=O) groups is 2. The van der Waals surface area contributed by atoms with Gasteiger partial charge >= 0.3 is 11.9 Å². The lowest BCUT2D eigenvalue weighted by atomic mass is 10.1. The number of aliphatic imine (C=N–C) groups is 1. The minimum atomic E-state index is -0.549. The van der Waals surface area contributed by atoms with E-state index in [2.05, 4.69) is 9.73 Å². The number of esters is 2. The number of carbonyl (C=O) groups excluding carboxylic acids is 2. The van der Waals surface area contributed by atoms with Crippen LogP contribution in [-0.2, 0) is 20.9 Å². The van der Waals surface area contributed by atoms with Crippen molar-refractivity contribution in [2.75, 3.05) is 7.11 Å². The molecule has 6 nitrogen and oxygen atoms in total. The Hall–Kier alpha value is -3.61. The summed E-state index contributed by atoms with van der Waals surface area (Å²) in [7, 11) is 1.34. The quantitative estimate of drug-likeness (QED) is 0.333. The molecule has 0 aromatic heterocycles. The van der Waals surface area contributed by atoms with E-state index in [0.29, 0.717) is 33.5 Å². The van der Waals surface area contributed by atoms with Crippen LogP contribution < -0.4 is 4.74 Å². The van der Waals surface area contributed by atoms with E-state index in [-0.39, 0.29) is 17.6 Å². The molecule has 1 aliphatic heterocycles. The minimum absolute atomic E-state index is 0.169. The number of rotatable bonds is 6. The predicted molar refractivity (Wildman–Crippen MR) is 126 cm³/mol. The van der Waals surface area contributed by atoms with Gasteiger partial charge in [-0.1, -0.05) is 47.5 Å². The maximum Gasteiger partial charge on any atom is 0.363 e. The standard InChI is InChI=1S/C25H17Cl2NO5/c1-31-24(29)17-6-2-16(3-7-17)14-32-19-9-4-15(5-10-19)12-22-25(30)33-23(28-22)18-8-11-20(26)21(27)13-18/h2-13H,14H2,1H3. The van der Waals surface area contributed by atoms with Crippen LogP contribution in [-0.4, -0.2) is 24.9 Å². The molecule has 3 aromatic rings. The molecule has 3 aromatic carbocycles. The first kappa shape index (κ1) is 22.6. The molecule has 0 fully saturated rings. The molecule has 0 unspecified atom stereocenters. The molecule has 166 valence electrons. The molecule has 0 saturated heterocycles. The average Bonchev–Trinajstić information content (AvgIpc) is 3.20. The summed E-state index contributed by atoms with van der Waals surface area (Å²) in [5.41, 5.74) is 2.89. The highest BCUT2D eigenvalue weighted by Gasteiger charge is 2.24. The van der Waals surface area contributed by atoms with E-state index < -0.39 is 5.97 Å². The third-order valence-corrected chi connectivity index (χ3v) is 5.49. The monoisotopic (exact) mass is 481 g/mol. The van der Waals surface area contributed by atoms with Crippen LogP contribution in [0.3, 0.4) is 0 Å². The van der Waals surface area contributed by atoms with Gasteiger partial charge in [-0.25, -0.2) is 14.6 Å². The Balaban J connectivity index is 1.41. The van der Waals surface area contributed by atoms with Gasteiger partial charge in [0.1, 0.15) is 12.4 Å². The summed E-state index contributed by atoms with van der Waals surface area (Å²) in [6.07, 6.45) is 1.63. The molecule has 0 atom stereocenters. The molecule has 33 heavy (non-hydrogen) atoms. The zero-order valence-corrected chi connectivity index (χ0v) is 18.9. The van der Waals surface area contributed by atoms with E-state index in [4.69, 9.17) is 32.7 Å². The fourth-order valence-electron chi connectivity index (χ4n) is 3.00. The van der Waals surface area contributed by atoms with Gasteiger partial charge in [-0.3, -0.25) is 0 Å². The van der Waals surface area contributed by atoms with Crippen LogP contribution in [0.2, 0.25) is 10.0 Å². The molecule has 0 saturated carbocycles. The Morgan fingerprint density at radius 3 is 2.39 bits per heavy atom. The van der Waals surface area contributed by atoms with Crippen molar-refractivity contribution in [3.63, 3.8) is 0 Å². The van der Waals surface area contributed by atoms with Gasteiger partial charge in [0, 0.05) is 5.56 Å². The van der Waals surface area contributed by atoms with Gasteiger partial charge in [-0.2, -0.15) is 0 Å². The number of ether oxygens (including phenoxy) is 3. The number of hydrogen-bond donors (Lipinski definition) is 0. The average molecular weight is 482 g/mol. The molecular weight excluding hydrogens is 465 g/mol. The van der Waals surface area contributed by atoms with Crippen LogP contribution in [0.25, 0.3) is 6.08 Å². The van der Waals surface area contributed by atoms with Gasteiger partial charge < -0.3 is 14.2 Å². The van der Waals surface area contributed by atoms with Crippen LogP contribution in [0, 0.1) is 0 Å². The van der Waals surface area contributed by atoms with E-state index in [1.807, 2.05) is 12.1 Å². The van der Waals surface area contributed by atoms with Crippen molar-refractivity contribution in [2.24, 2.45) is 4.99 Å². The molecule has 0 radical (unpaired) electrons. The molecular formula is C25H17Cl2NO5. The van der Waals surface area contributed by atoms with Crippen molar-refractivity contribution in [3.8, 4) is 5.75 Å². The molecule has 0 N–H and O–H groups in total. The van der Waals surface area contributed by atoms with Crippen LogP contribution >= 0.6 is 23.2 Å². The van der Waals surface area contributed by atoms with Gasteiger partial charge in [-0.15, -0.1) is 0 Å². The van der Waals surface area contributed by atoms with Crippen LogP contribution in [0.5, 0.6) is 5.75 Å². The van der Waals surface area contributed by atoms with Gasteiger partial charge in [0.25, 0.3) is 0 Å². The highest BCUT2D eigenvalue weighted by molar-refractivity contribution is 6.42. The van der Waals surface area contributed by atoms with Crippen LogP contribution in [0.4, 0.5) is 0 Å². The van der Waals surface area contributed by atoms with Crippen molar-refractivity contribution in [2.45, 2.75) is 6.61 Å². The van der Waals surface area contributed by atoms with E-state index in [1.165, 1.54) is 7.11 Å². The van der Waals surface area contributed by atoms with Crippen molar-refractivity contribution >= 4 is 47.1 Å². The zero-order chi connectivity index (χ0) is 23.4. The Morgan fingerprint density at radius 1 is 1.00 bits per heavy atom. The van der Waals surface area contributed by atoms with Gasteiger partial charge in [0.2, 0.25) is 5.90 Å². The third kappa shape index (κ3) is 5.42. The van der Waals surface area contributed by atoms with Gasteiger partial charge in [0.05, 0.1) is 22.7 Å². The largest absolute Gasteiger partial charge is 0.489 e. The fraction of sp³-hybridized carbons (Fsp3) is 0.0800. The maximum atomic E-state index is 12.2. The minimum Gasteiger partial charge on any atom is -0.489 e. The summed E-state index contributed by atoms with van der Waals surface area (Å²) in [6, 6.07) is 19.1. The summed E-state index contributed by atoms with van der Waals surface area (Å²) < 4.78 is 15.7.